The van der Waals surface area contributed by atoms with Gasteiger partial charge in [-0.05, 0) is 42.3 Å². The first kappa shape index (κ1) is 14.6. The third-order valence-corrected chi connectivity index (χ3v) is 3.92. The molecule has 4 nitrogen and oxygen atoms in total. The van der Waals surface area contributed by atoms with Crippen molar-refractivity contribution in [3.05, 3.63) is 59.7 Å². The van der Waals surface area contributed by atoms with Crippen molar-refractivity contribution in [3.63, 3.8) is 0 Å². The number of hydrogen-bond donors (Lipinski definition) is 1. The van der Waals surface area contributed by atoms with Gasteiger partial charge in [0.05, 0.1) is 6.61 Å². The normalized spacial score (nSPS) is 13.0. The molecule has 1 N–H and O–H groups in total. The minimum Gasteiger partial charge on any atom is -0.383 e. The van der Waals surface area contributed by atoms with E-state index in [9.17, 15) is 4.79 Å². The van der Waals surface area contributed by atoms with E-state index in [-0.39, 0.29) is 5.91 Å². The van der Waals surface area contributed by atoms with Crippen LogP contribution in [0.5, 0.6) is 0 Å². The molecule has 1 aliphatic heterocycles. The molecule has 1 amide bonds. The van der Waals surface area contributed by atoms with Crippen molar-refractivity contribution >= 4 is 17.3 Å². The van der Waals surface area contributed by atoms with Crippen LogP contribution in [0.2, 0.25) is 0 Å². The van der Waals surface area contributed by atoms with E-state index in [4.69, 9.17) is 4.74 Å². The molecule has 0 fully saturated rings. The van der Waals surface area contributed by atoms with Crippen LogP contribution in [-0.4, -0.2) is 32.7 Å². The number of nitrogens with one attached hydrogen (secondary N) is 1. The molecule has 0 atom stereocenters. The Hall–Kier alpha value is -2.33. The molecule has 0 saturated heterocycles. The predicted molar refractivity (Wildman–Crippen MR) is 87.8 cm³/mol. The lowest BCUT2D eigenvalue weighted by atomic mass is 10.1. The lowest BCUT2D eigenvalue weighted by Crippen LogP contribution is -2.26. The summed E-state index contributed by atoms with van der Waals surface area (Å²) >= 11 is 0. The van der Waals surface area contributed by atoms with Crippen molar-refractivity contribution < 1.29 is 9.53 Å². The Morgan fingerprint density at radius 3 is 2.73 bits per heavy atom. The quantitative estimate of drug-likeness (QED) is 0.863. The van der Waals surface area contributed by atoms with Gasteiger partial charge in [-0.1, -0.05) is 18.2 Å². The van der Waals surface area contributed by atoms with Gasteiger partial charge in [-0.25, -0.2) is 0 Å². The van der Waals surface area contributed by atoms with Crippen molar-refractivity contribution in [2.45, 2.75) is 6.42 Å². The molecule has 0 saturated carbocycles. The minimum absolute atomic E-state index is 0.0644. The Morgan fingerprint density at radius 2 is 1.95 bits per heavy atom. The molecule has 3 rings (SSSR count). The number of para-hydroxylation sites is 1. The summed E-state index contributed by atoms with van der Waals surface area (Å²) in [5.74, 6) is -0.0644. The standard InChI is InChI=1S/C18H20N2O2/c1-22-13-11-19-18(21)15-6-8-16(9-7-15)20-12-10-14-4-2-3-5-17(14)20/h2-9H,10-13H2,1H3,(H,19,21). The highest BCUT2D eigenvalue weighted by Crippen LogP contribution is 2.34. The summed E-state index contributed by atoms with van der Waals surface area (Å²) in [5, 5.41) is 2.83. The van der Waals surface area contributed by atoms with Gasteiger partial charge in [0.1, 0.15) is 0 Å². The summed E-state index contributed by atoms with van der Waals surface area (Å²) < 4.78 is 4.93. The molecule has 1 heterocycles. The Morgan fingerprint density at radius 1 is 1.18 bits per heavy atom. The molecule has 0 aliphatic carbocycles. The van der Waals surface area contributed by atoms with Crippen LogP contribution in [0.4, 0.5) is 11.4 Å². The second-order valence-corrected chi connectivity index (χ2v) is 5.33. The molecule has 2 aromatic rings. The van der Waals surface area contributed by atoms with Crippen molar-refractivity contribution in [1.29, 1.82) is 0 Å². The highest BCUT2D eigenvalue weighted by molar-refractivity contribution is 5.94. The predicted octanol–water partition coefficient (Wildman–Crippen LogP) is 2.76. The molecule has 0 spiro atoms. The van der Waals surface area contributed by atoms with E-state index >= 15 is 0 Å². The number of anilines is 2. The Bertz CT molecular complexity index is 652. The first-order chi connectivity index (χ1) is 10.8. The van der Waals surface area contributed by atoms with Gasteiger partial charge >= 0.3 is 0 Å². The summed E-state index contributed by atoms with van der Waals surface area (Å²) in [6.45, 7) is 2.03. The first-order valence-electron chi connectivity index (χ1n) is 7.52. The van der Waals surface area contributed by atoms with Gasteiger partial charge in [-0.2, -0.15) is 0 Å². The summed E-state index contributed by atoms with van der Waals surface area (Å²) in [5.41, 5.74) is 4.44. The molecule has 22 heavy (non-hydrogen) atoms. The zero-order valence-corrected chi connectivity index (χ0v) is 12.7. The fraction of sp³-hybridized carbons (Fsp3) is 0.278. The molecular formula is C18H20N2O2. The van der Waals surface area contributed by atoms with Gasteiger partial charge < -0.3 is 15.0 Å². The van der Waals surface area contributed by atoms with Crippen molar-refractivity contribution in [2.24, 2.45) is 0 Å². The van der Waals surface area contributed by atoms with Crippen LogP contribution in [0.25, 0.3) is 0 Å². The third-order valence-electron chi connectivity index (χ3n) is 3.92. The number of methoxy groups -OCH3 is 1. The highest BCUT2D eigenvalue weighted by Gasteiger charge is 2.19. The van der Waals surface area contributed by atoms with E-state index < -0.39 is 0 Å². The lowest BCUT2D eigenvalue weighted by molar-refractivity contribution is 0.0937. The maximum Gasteiger partial charge on any atom is 0.251 e. The van der Waals surface area contributed by atoms with Crippen molar-refractivity contribution in [2.75, 3.05) is 31.7 Å². The van der Waals surface area contributed by atoms with E-state index in [1.807, 2.05) is 24.3 Å². The van der Waals surface area contributed by atoms with Crippen LogP contribution in [-0.2, 0) is 11.2 Å². The van der Waals surface area contributed by atoms with Crippen LogP contribution in [0, 0.1) is 0 Å². The maximum atomic E-state index is 12.0. The van der Waals surface area contributed by atoms with E-state index in [0.29, 0.717) is 18.7 Å². The first-order valence-corrected chi connectivity index (χ1v) is 7.52. The Labute approximate surface area is 130 Å². The number of hydrogen-bond acceptors (Lipinski definition) is 3. The molecule has 114 valence electrons. The summed E-state index contributed by atoms with van der Waals surface area (Å²) in [6, 6.07) is 16.2. The van der Waals surface area contributed by atoms with Crippen molar-refractivity contribution in [1.82, 2.24) is 5.32 Å². The zero-order valence-electron chi connectivity index (χ0n) is 12.7. The van der Waals surface area contributed by atoms with Gasteiger partial charge in [0, 0.05) is 37.1 Å². The number of carbonyl (C=O) groups excluding carboxylic acids is 1. The minimum atomic E-state index is -0.0644. The molecule has 0 radical (unpaired) electrons. The van der Waals surface area contributed by atoms with E-state index in [1.54, 1.807) is 7.11 Å². The maximum absolute atomic E-state index is 12.0. The number of amides is 1. The van der Waals surface area contributed by atoms with Gasteiger partial charge in [-0.3, -0.25) is 4.79 Å². The van der Waals surface area contributed by atoms with Gasteiger partial charge in [0.25, 0.3) is 5.91 Å². The van der Waals surface area contributed by atoms with E-state index in [2.05, 4.69) is 34.5 Å². The van der Waals surface area contributed by atoms with Crippen LogP contribution in [0.15, 0.2) is 48.5 Å². The van der Waals surface area contributed by atoms with Gasteiger partial charge in [0.15, 0.2) is 0 Å². The second kappa shape index (κ2) is 6.62. The van der Waals surface area contributed by atoms with Crippen LogP contribution in [0.3, 0.4) is 0 Å². The van der Waals surface area contributed by atoms with E-state index in [0.717, 1.165) is 18.7 Å². The average Bonchev–Trinajstić information content (AvgIpc) is 2.99. The molecular weight excluding hydrogens is 276 g/mol. The molecule has 0 bridgehead atoms. The number of benzene rings is 2. The van der Waals surface area contributed by atoms with Gasteiger partial charge in [0.2, 0.25) is 0 Å². The topological polar surface area (TPSA) is 41.6 Å². The van der Waals surface area contributed by atoms with E-state index in [1.165, 1.54) is 11.3 Å². The average molecular weight is 296 g/mol. The Kier molecular flexibility index (Phi) is 4.39. The summed E-state index contributed by atoms with van der Waals surface area (Å²) in [4.78, 5) is 14.3. The van der Waals surface area contributed by atoms with Gasteiger partial charge in [-0.15, -0.1) is 0 Å². The monoisotopic (exact) mass is 296 g/mol. The molecule has 0 unspecified atom stereocenters. The highest BCUT2D eigenvalue weighted by atomic mass is 16.5. The number of ether oxygens (including phenoxy) is 1. The smallest absolute Gasteiger partial charge is 0.251 e. The number of fused-ring (bicyclic) bond motifs is 1. The second-order valence-electron chi connectivity index (χ2n) is 5.33. The zero-order chi connectivity index (χ0) is 15.4. The SMILES string of the molecule is COCCNC(=O)c1ccc(N2CCc3ccccc32)cc1. The largest absolute Gasteiger partial charge is 0.383 e. The van der Waals surface area contributed by atoms with Crippen LogP contribution >= 0.6 is 0 Å². The third kappa shape index (κ3) is 2.97. The van der Waals surface area contributed by atoms with Crippen molar-refractivity contribution in [3.8, 4) is 0 Å². The fourth-order valence-electron chi connectivity index (χ4n) is 2.77. The molecule has 1 aliphatic rings. The van der Waals surface area contributed by atoms with Crippen LogP contribution in [0.1, 0.15) is 15.9 Å². The molecule has 0 aromatic heterocycles. The fourth-order valence-corrected chi connectivity index (χ4v) is 2.77. The van der Waals surface area contributed by atoms with Crippen LogP contribution < -0.4 is 10.2 Å². The molecule has 4 heteroatoms. The molecule has 2 aromatic carbocycles. The summed E-state index contributed by atoms with van der Waals surface area (Å²) in [7, 11) is 1.62. The Balaban J connectivity index is 1.71. The number of rotatable bonds is 5. The number of carbonyl (C=O) groups is 1. The summed E-state index contributed by atoms with van der Waals surface area (Å²) in [6.07, 6.45) is 1.06. The lowest BCUT2D eigenvalue weighted by Gasteiger charge is -2.19. The number of nitrogens with zero attached hydrogens (tertiary/aromatic N) is 1.